The summed E-state index contributed by atoms with van der Waals surface area (Å²) >= 11 is 0. The van der Waals surface area contributed by atoms with E-state index in [4.69, 9.17) is 4.74 Å². The predicted octanol–water partition coefficient (Wildman–Crippen LogP) is 5.88. The van der Waals surface area contributed by atoms with Crippen LogP contribution in [0, 0.1) is 11.6 Å². The van der Waals surface area contributed by atoms with Crippen molar-refractivity contribution in [2.75, 3.05) is 6.61 Å². The molecule has 1 heterocycles. The van der Waals surface area contributed by atoms with Crippen molar-refractivity contribution < 1.29 is 13.5 Å². The first kappa shape index (κ1) is 17.1. The van der Waals surface area contributed by atoms with Gasteiger partial charge in [0.25, 0.3) is 0 Å². The second kappa shape index (κ2) is 6.29. The molecule has 24 heavy (non-hydrogen) atoms. The molecule has 0 spiro atoms. The van der Waals surface area contributed by atoms with Gasteiger partial charge in [-0.25, -0.2) is 8.78 Å². The summed E-state index contributed by atoms with van der Waals surface area (Å²) < 4.78 is 34.8. The Morgan fingerprint density at radius 3 is 1.79 bits per heavy atom. The molecule has 2 aromatic rings. The van der Waals surface area contributed by atoms with Gasteiger partial charge in [0.05, 0.1) is 6.61 Å². The van der Waals surface area contributed by atoms with E-state index in [1.54, 1.807) is 13.8 Å². The molecule has 128 valence electrons. The van der Waals surface area contributed by atoms with E-state index in [0.29, 0.717) is 18.1 Å². The van der Waals surface area contributed by atoms with Crippen molar-refractivity contribution in [3.8, 4) is 0 Å². The van der Waals surface area contributed by atoms with Gasteiger partial charge < -0.3 is 4.74 Å². The first-order valence-electron chi connectivity index (χ1n) is 8.59. The van der Waals surface area contributed by atoms with E-state index in [1.807, 2.05) is 12.1 Å². The molecule has 3 rings (SSSR count). The molecule has 0 bridgehead atoms. The highest BCUT2D eigenvalue weighted by molar-refractivity contribution is 5.42. The number of halogens is 2. The molecular formula is C21H24F2O. The van der Waals surface area contributed by atoms with Gasteiger partial charge in [-0.3, -0.25) is 0 Å². The molecule has 1 aliphatic heterocycles. The topological polar surface area (TPSA) is 9.23 Å². The highest BCUT2D eigenvalue weighted by atomic mass is 19.1. The molecule has 1 unspecified atom stereocenters. The van der Waals surface area contributed by atoms with E-state index < -0.39 is 17.2 Å². The highest BCUT2D eigenvalue weighted by Gasteiger charge is 2.43. The summed E-state index contributed by atoms with van der Waals surface area (Å²) in [5, 5.41) is 0. The van der Waals surface area contributed by atoms with Crippen LogP contribution in [0.3, 0.4) is 0 Å². The van der Waals surface area contributed by atoms with Crippen LogP contribution in [-0.2, 0) is 10.3 Å². The van der Waals surface area contributed by atoms with E-state index in [0.717, 1.165) is 12.0 Å². The zero-order chi connectivity index (χ0) is 17.5. The van der Waals surface area contributed by atoms with Crippen LogP contribution >= 0.6 is 0 Å². The normalized spacial score (nSPS) is 20.5. The first-order valence-corrected chi connectivity index (χ1v) is 8.59. The molecule has 0 radical (unpaired) electrons. The van der Waals surface area contributed by atoms with Crippen LogP contribution in [0.2, 0.25) is 0 Å². The number of hydrogen-bond acceptors (Lipinski definition) is 1. The van der Waals surface area contributed by atoms with Crippen LogP contribution < -0.4 is 0 Å². The molecule has 0 aromatic heterocycles. The van der Waals surface area contributed by atoms with Crippen molar-refractivity contribution in [3.63, 3.8) is 0 Å². The molecule has 1 fully saturated rings. The molecule has 0 N–H and O–H groups in total. The summed E-state index contributed by atoms with van der Waals surface area (Å²) in [6.45, 7) is 8.46. The quantitative estimate of drug-likeness (QED) is 0.680. The van der Waals surface area contributed by atoms with Crippen LogP contribution in [-0.4, -0.2) is 6.61 Å². The zero-order valence-electron chi connectivity index (χ0n) is 14.7. The molecule has 1 aliphatic rings. The standard InChI is InChI=1S/C21H24F2O/c1-13(2)15-5-7-16(8-6-15)21(9-10-24-21)17-11-18(22)20(14(3)4)19(23)12-17/h5-8,11-14H,9-10H2,1-4H3. The van der Waals surface area contributed by atoms with E-state index in [1.165, 1.54) is 17.7 Å². The Morgan fingerprint density at radius 1 is 0.875 bits per heavy atom. The largest absolute Gasteiger partial charge is 0.365 e. The van der Waals surface area contributed by atoms with Gasteiger partial charge in [-0.2, -0.15) is 0 Å². The Kier molecular flexibility index (Phi) is 4.48. The van der Waals surface area contributed by atoms with Crippen LogP contribution in [0.4, 0.5) is 8.78 Å². The summed E-state index contributed by atoms with van der Waals surface area (Å²) in [5.74, 6) is -0.734. The molecule has 1 atom stereocenters. The van der Waals surface area contributed by atoms with Crippen LogP contribution in [0.5, 0.6) is 0 Å². The predicted molar refractivity (Wildman–Crippen MR) is 92.3 cm³/mol. The SMILES string of the molecule is CC(C)c1ccc(C2(c3cc(F)c(C(C)C)c(F)c3)CCO2)cc1. The zero-order valence-corrected chi connectivity index (χ0v) is 14.7. The smallest absolute Gasteiger partial charge is 0.129 e. The highest BCUT2D eigenvalue weighted by Crippen LogP contribution is 2.45. The molecule has 2 aromatic carbocycles. The fourth-order valence-electron chi connectivity index (χ4n) is 3.43. The van der Waals surface area contributed by atoms with Gasteiger partial charge in [-0.05, 0) is 40.7 Å². The lowest BCUT2D eigenvalue weighted by atomic mass is 9.79. The van der Waals surface area contributed by atoms with E-state index >= 15 is 0 Å². The molecule has 3 heteroatoms. The second-order valence-corrected chi connectivity index (χ2v) is 7.21. The lowest BCUT2D eigenvalue weighted by Gasteiger charge is -2.43. The van der Waals surface area contributed by atoms with E-state index in [9.17, 15) is 8.78 Å². The van der Waals surface area contributed by atoms with Crippen molar-refractivity contribution in [2.45, 2.75) is 51.6 Å². The number of hydrogen-bond donors (Lipinski definition) is 0. The van der Waals surface area contributed by atoms with E-state index in [-0.39, 0.29) is 11.5 Å². The van der Waals surface area contributed by atoms with E-state index in [2.05, 4.69) is 26.0 Å². The maximum atomic E-state index is 14.4. The third kappa shape index (κ3) is 2.75. The molecule has 1 nitrogen and oxygen atoms in total. The fourth-order valence-corrected chi connectivity index (χ4v) is 3.43. The summed E-state index contributed by atoms with van der Waals surface area (Å²) in [5.41, 5.74) is 2.16. The first-order chi connectivity index (χ1) is 11.3. The third-order valence-corrected chi connectivity index (χ3v) is 4.97. The lowest BCUT2D eigenvalue weighted by molar-refractivity contribution is -0.124. The number of benzene rings is 2. The van der Waals surface area contributed by atoms with Crippen molar-refractivity contribution in [1.29, 1.82) is 0 Å². The Balaban J connectivity index is 2.05. The monoisotopic (exact) mass is 330 g/mol. The summed E-state index contributed by atoms with van der Waals surface area (Å²) in [7, 11) is 0. The Morgan fingerprint density at radius 2 is 1.42 bits per heavy atom. The average molecular weight is 330 g/mol. The van der Waals surface area contributed by atoms with Crippen molar-refractivity contribution in [2.24, 2.45) is 0 Å². The number of ether oxygens (including phenoxy) is 1. The van der Waals surface area contributed by atoms with Gasteiger partial charge in [0.15, 0.2) is 0 Å². The lowest BCUT2D eigenvalue weighted by Crippen LogP contribution is -2.42. The summed E-state index contributed by atoms with van der Waals surface area (Å²) in [4.78, 5) is 0. The fraction of sp³-hybridized carbons (Fsp3) is 0.429. The second-order valence-electron chi connectivity index (χ2n) is 7.21. The van der Waals surface area contributed by atoms with Gasteiger partial charge in [0.1, 0.15) is 17.2 Å². The molecule has 1 saturated heterocycles. The Bertz CT molecular complexity index is 705. The third-order valence-electron chi connectivity index (χ3n) is 4.97. The average Bonchev–Trinajstić information content (AvgIpc) is 2.45. The van der Waals surface area contributed by atoms with Crippen molar-refractivity contribution >= 4 is 0 Å². The summed E-state index contributed by atoms with van der Waals surface area (Å²) in [6.07, 6.45) is 0.730. The van der Waals surface area contributed by atoms with Crippen LogP contribution in [0.25, 0.3) is 0 Å². The molecular weight excluding hydrogens is 306 g/mol. The summed E-state index contributed by atoms with van der Waals surface area (Å²) in [6, 6.07) is 11.0. The molecule has 0 saturated carbocycles. The number of rotatable bonds is 4. The van der Waals surface area contributed by atoms with Gasteiger partial charge in [-0.1, -0.05) is 52.0 Å². The Hall–Kier alpha value is -1.74. The minimum absolute atomic E-state index is 0.142. The van der Waals surface area contributed by atoms with Crippen LogP contribution in [0.1, 0.15) is 68.2 Å². The maximum absolute atomic E-state index is 14.4. The Labute approximate surface area is 142 Å². The van der Waals surface area contributed by atoms with Gasteiger partial charge >= 0.3 is 0 Å². The molecule has 0 aliphatic carbocycles. The van der Waals surface area contributed by atoms with Gasteiger partial charge in [0.2, 0.25) is 0 Å². The minimum atomic E-state index is -0.729. The van der Waals surface area contributed by atoms with Crippen molar-refractivity contribution in [3.05, 3.63) is 70.3 Å². The van der Waals surface area contributed by atoms with Crippen molar-refractivity contribution in [1.82, 2.24) is 0 Å². The van der Waals surface area contributed by atoms with Gasteiger partial charge in [-0.15, -0.1) is 0 Å². The maximum Gasteiger partial charge on any atom is 0.129 e. The minimum Gasteiger partial charge on any atom is -0.365 e. The van der Waals surface area contributed by atoms with Crippen LogP contribution in [0.15, 0.2) is 36.4 Å². The van der Waals surface area contributed by atoms with Gasteiger partial charge in [0, 0.05) is 12.0 Å². The molecule has 0 amide bonds.